The highest BCUT2D eigenvalue weighted by Crippen LogP contribution is 2.38. The molecule has 1 aliphatic carbocycles. The highest BCUT2D eigenvalue weighted by molar-refractivity contribution is 6.11. The third-order valence-corrected chi connectivity index (χ3v) is 7.26. The van der Waals surface area contributed by atoms with Gasteiger partial charge in [0, 0.05) is 36.6 Å². The van der Waals surface area contributed by atoms with E-state index in [1.54, 1.807) is 12.4 Å². The van der Waals surface area contributed by atoms with E-state index in [4.69, 9.17) is 5.73 Å². The number of pyridine rings is 2. The van der Waals surface area contributed by atoms with E-state index >= 15 is 0 Å². The Morgan fingerprint density at radius 3 is 2.62 bits per heavy atom. The van der Waals surface area contributed by atoms with Gasteiger partial charge in [-0.3, -0.25) is 9.78 Å². The summed E-state index contributed by atoms with van der Waals surface area (Å²) in [5, 5.41) is 4.30. The lowest BCUT2D eigenvalue weighted by molar-refractivity contribution is 0.0968. The van der Waals surface area contributed by atoms with Crippen molar-refractivity contribution in [3.8, 4) is 11.1 Å². The molecule has 0 spiro atoms. The van der Waals surface area contributed by atoms with E-state index in [0.717, 1.165) is 77.9 Å². The topological polar surface area (TPSA) is 84.1 Å². The van der Waals surface area contributed by atoms with E-state index < -0.39 is 0 Å². The van der Waals surface area contributed by atoms with Crippen LogP contribution in [-0.4, -0.2) is 34.9 Å². The SMILES string of the molecule is Cc1cc(F)cc(-c2ccc3ncc(C(=O)C4CC4)c(Nc4ccc(N5CCCC(N)C5)nc4)c3c2)c1. The molecular formula is C30H30FN5O. The normalized spacial score (nSPS) is 17.7. The Balaban J connectivity index is 1.40. The zero-order valence-corrected chi connectivity index (χ0v) is 20.9. The van der Waals surface area contributed by atoms with Crippen LogP contribution in [0.3, 0.4) is 0 Å². The lowest BCUT2D eigenvalue weighted by atomic mass is 9.98. The molecule has 0 radical (unpaired) electrons. The minimum atomic E-state index is -0.273. The number of aryl methyl sites for hydroxylation is 1. The van der Waals surface area contributed by atoms with E-state index in [2.05, 4.69) is 20.2 Å². The van der Waals surface area contributed by atoms with Gasteiger partial charge >= 0.3 is 0 Å². The van der Waals surface area contributed by atoms with Crippen LogP contribution >= 0.6 is 0 Å². The van der Waals surface area contributed by atoms with E-state index in [0.29, 0.717) is 11.3 Å². The summed E-state index contributed by atoms with van der Waals surface area (Å²) in [6.45, 7) is 3.63. The van der Waals surface area contributed by atoms with E-state index in [1.807, 2.05) is 43.3 Å². The maximum Gasteiger partial charge on any atom is 0.169 e. The van der Waals surface area contributed by atoms with Gasteiger partial charge in [-0.2, -0.15) is 0 Å². The fraction of sp³-hybridized carbons (Fsp3) is 0.300. The van der Waals surface area contributed by atoms with Gasteiger partial charge in [-0.25, -0.2) is 9.37 Å². The van der Waals surface area contributed by atoms with Crippen molar-refractivity contribution in [1.82, 2.24) is 9.97 Å². The molecule has 188 valence electrons. The molecule has 2 fully saturated rings. The van der Waals surface area contributed by atoms with Crippen molar-refractivity contribution in [2.75, 3.05) is 23.3 Å². The third kappa shape index (κ3) is 4.91. The number of nitrogens with one attached hydrogen (secondary N) is 1. The van der Waals surface area contributed by atoms with Gasteiger partial charge < -0.3 is 16.0 Å². The Bertz CT molecular complexity index is 1460. The number of hydrogen-bond acceptors (Lipinski definition) is 6. The van der Waals surface area contributed by atoms with Gasteiger partial charge in [-0.1, -0.05) is 12.1 Å². The standard InChI is InChI=1S/C30H30FN5O/c1-18-11-21(13-22(31)12-18)20-6-8-27-25(14-20)29(26(16-33-27)30(37)19-4-5-19)35-24-7-9-28(34-15-24)36-10-2-3-23(32)17-36/h6-9,11-16,19,23H,2-5,10,17,32H2,1H3,(H,33,35). The summed E-state index contributed by atoms with van der Waals surface area (Å²) in [5.41, 5.74) is 11.5. The second-order valence-electron chi connectivity index (χ2n) is 10.3. The Kier molecular flexibility index (Phi) is 6.08. The molecule has 0 amide bonds. The minimum Gasteiger partial charge on any atom is -0.355 e. The van der Waals surface area contributed by atoms with Crippen molar-refractivity contribution >= 4 is 33.9 Å². The summed E-state index contributed by atoms with van der Waals surface area (Å²) >= 11 is 0. The molecule has 6 rings (SSSR count). The van der Waals surface area contributed by atoms with Gasteiger partial charge in [-0.15, -0.1) is 0 Å². The average molecular weight is 496 g/mol. The number of carbonyl (C=O) groups is 1. The minimum absolute atomic E-state index is 0.0534. The molecule has 4 aromatic rings. The second-order valence-corrected chi connectivity index (χ2v) is 10.3. The molecule has 1 atom stereocenters. The van der Waals surface area contributed by atoms with Crippen molar-refractivity contribution in [3.63, 3.8) is 0 Å². The molecule has 37 heavy (non-hydrogen) atoms. The molecule has 1 saturated heterocycles. The number of ketones is 1. The molecule has 1 aliphatic heterocycles. The smallest absolute Gasteiger partial charge is 0.169 e. The summed E-state index contributed by atoms with van der Waals surface area (Å²) in [6, 6.07) is 15.0. The van der Waals surface area contributed by atoms with Crippen LogP contribution in [0.2, 0.25) is 0 Å². The van der Waals surface area contributed by atoms with Crippen LogP contribution in [0.1, 0.15) is 41.6 Å². The molecule has 0 bridgehead atoms. The monoisotopic (exact) mass is 495 g/mol. The molecule has 1 saturated carbocycles. The maximum absolute atomic E-state index is 14.2. The van der Waals surface area contributed by atoms with Crippen LogP contribution in [0.15, 0.2) is 60.9 Å². The first-order valence-corrected chi connectivity index (χ1v) is 12.9. The summed E-state index contributed by atoms with van der Waals surface area (Å²) in [4.78, 5) is 24.7. The van der Waals surface area contributed by atoms with Gasteiger partial charge in [0.2, 0.25) is 0 Å². The van der Waals surface area contributed by atoms with Crippen molar-refractivity contribution in [3.05, 3.63) is 77.9 Å². The second kappa shape index (κ2) is 9.56. The van der Waals surface area contributed by atoms with Crippen LogP contribution < -0.4 is 16.0 Å². The zero-order chi connectivity index (χ0) is 25.5. The number of nitrogens with two attached hydrogens (primary N) is 1. The van der Waals surface area contributed by atoms with Gasteiger partial charge in [0.25, 0.3) is 0 Å². The number of nitrogens with zero attached hydrogens (tertiary/aromatic N) is 3. The fourth-order valence-corrected chi connectivity index (χ4v) is 5.17. The number of fused-ring (bicyclic) bond motifs is 1. The van der Waals surface area contributed by atoms with Gasteiger partial charge in [0.15, 0.2) is 5.78 Å². The maximum atomic E-state index is 14.2. The Hall–Kier alpha value is -3.84. The predicted molar refractivity (Wildman–Crippen MR) is 146 cm³/mol. The van der Waals surface area contributed by atoms with E-state index in [9.17, 15) is 9.18 Å². The highest BCUT2D eigenvalue weighted by Gasteiger charge is 2.32. The number of halogens is 1. The lowest BCUT2D eigenvalue weighted by Gasteiger charge is -2.31. The molecule has 1 unspecified atom stereocenters. The van der Waals surface area contributed by atoms with Gasteiger partial charge in [0.1, 0.15) is 11.6 Å². The molecule has 2 aliphatic rings. The average Bonchev–Trinajstić information content (AvgIpc) is 3.74. The third-order valence-electron chi connectivity index (χ3n) is 7.26. The first-order valence-electron chi connectivity index (χ1n) is 12.9. The molecule has 2 aromatic heterocycles. The van der Waals surface area contributed by atoms with Crippen LogP contribution in [0.25, 0.3) is 22.0 Å². The Labute approximate surface area is 215 Å². The van der Waals surface area contributed by atoms with Crippen LogP contribution in [0.4, 0.5) is 21.6 Å². The number of benzene rings is 2. The number of piperidine rings is 1. The molecule has 6 nitrogen and oxygen atoms in total. The summed E-state index contributed by atoms with van der Waals surface area (Å²) in [7, 11) is 0. The molecular weight excluding hydrogens is 465 g/mol. The van der Waals surface area contributed by atoms with Crippen molar-refractivity contribution in [1.29, 1.82) is 0 Å². The number of Topliss-reactive ketones (excluding diaryl/α,β-unsaturated/α-hetero) is 1. The summed E-state index contributed by atoms with van der Waals surface area (Å²) < 4.78 is 14.2. The largest absolute Gasteiger partial charge is 0.355 e. The molecule has 3 heterocycles. The summed E-state index contributed by atoms with van der Waals surface area (Å²) in [5.74, 6) is 0.789. The number of carbonyl (C=O) groups excluding carboxylic acids is 1. The predicted octanol–water partition coefficient (Wildman–Crippen LogP) is 6.01. The first-order chi connectivity index (χ1) is 17.9. The van der Waals surface area contributed by atoms with E-state index in [1.165, 1.54) is 12.1 Å². The number of rotatable bonds is 6. The van der Waals surface area contributed by atoms with Crippen molar-refractivity contribution in [2.45, 2.75) is 38.6 Å². The Morgan fingerprint density at radius 2 is 1.89 bits per heavy atom. The van der Waals surface area contributed by atoms with Gasteiger partial charge in [0.05, 0.1) is 28.7 Å². The number of anilines is 3. The van der Waals surface area contributed by atoms with E-state index in [-0.39, 0.29) is 23.6 Å². The van der Waals surface area contributed by atoms with Crippen LogP contribution in [-0.2, 0) is 0 Å². The lowest BCUT2D eigenvalue weighted by Crippen LogP contribution is -2.43. The molecule has 2 aromatic carbocycles. The molecule has 7 heteroatoms. The van der Waals surface area contributed by atoms with Crippen LogP contribution in [0, 0.1) is 18.7 Å². The first kappa shape index (κ1) is 23.6. The number of hydrogen-bond donors (Lipinski definition) is 2. The van der Waals surface area contributed by atoms with Crippen molar-refractivity contribution < 1.29 is 9.18 Å². The number of aromatic nitrogens is 2. The highest BCUT2D eigenvalue weighted by atomic mass is 19.1. The summed E-state index contributed by atoms with van der Waals surface area (Å²) in [6.07, 6.45) is 7.40. The molecule has 3 N–H and O–H groups in total. The fourth-order valence-electron chi connectivity index (χ4n) is 5.17. The van der Waals surface area contributed by atoms with Gasteiger partial charge in [-0.05, 0) is 85.7 Å². The zero-order valence-electron chi connectivity index (χ0n) is 20.9. The quantitative estimate of drug-likeness (QED) is 0.319. The Morgan fingerprint density at radius 1 is 1.03 bits per heavy atom. The van der Waals surface area contributed by atoms with Crippen molar-refractivity contribution in [2.24, 2.45) is 11.7 Å². The van der Waals surface area contributed by atoms with Crippen LogP contribution in [0.5, 0.6) is 0 Å².